The van der Waals surface area contributed by atoms with Crippen LogP contribution in [0.4, 0.5) is 0 Å². The van der Waals surface area contributed by atoms with Crippen molar-refractivity contribution in [3.8, 4) is 0 Å². The van der Waals surface area contributed by atoms with Crippen LogP contribution >= 0.6 is 11.3 Å². The molecule has 0 unspecified atom stereocenters. The van der Waals surface area contributed by atoms with Crippen LogP contribution in [0.1, 0.15) is 38.8 Å². The maximum absolute atomic E-state index is 13.6. The molecule has 0 N–H and O–H groups in total. The van der Waals surface area contributed by atoms with Crippen molar-refractivity contribution in [1.82, 2.24) is 4.90 Å². The minimum absolute atomic E-state index is 0.125. The molecule has 0 saturated carbocycles. The first-order valence-corrected chi connectivity index (χ1v) is 10.9. The molecule has 0 atom stereocenters. The topological polar surface area (TPSA) is 20.3 Å². The van der Waals surface area contributed by atoms with E-state index in [0.29, 0.717) is 13.1 Å². The number of carbonyl (C=O) groups is 1. The van der Waals surface area contributed by atoms with Gasteiger partial charge in [-0.1, -0.05) is 78.4 Å². The molecule has 3 aromatic carbocycles. The van der Waals surface area contributed by atoms with Gasteiger partial charge in [0.15, 0.2) is 0 Å². The quantitative estimate of drug-likeness (QED) is 0.364. The Bertz CT molecular complexity index is 1110. The van der Waals surface area contributed by atoms with E-state index in [-0.39, 0.29) is 5.91 Å². The summed E-state index contributed by atoms with van der Waals surface area (Å²) in [5.41, 5.74) is 4.79. The molecule has 29 heavy (non-hydrogen) atoms. The van der Waals surface area contributed by atoms with E-state index in [1.54, 1.807) is 11.3 Å². The Morgan fingerprint density at radius 2 is 1.55 bits per heavy atom. The van der Waals surface area contributed by atoms with Crippen molar-refractivity contribution in [2.75, 3.05) is 6.54 Å². The summed E-state index contributed by atoms with van der Waals surface area (Å²) in [6.07, 6.45) is 0.772. The van der Waals surface area contributed by atoms with Gasteiger partial charge in [-0.2, -0.15) is 0 Å². The third-order valence-corrected chi connectivity index (χ3v) is 6.48. The Labute approximate surface area is 176 Å². The summed E-state index contributed by atoms with van der Waals surface area (Å²) in [5, 5.41) is 1.19. The van der Waals surface area contributed by atoms with Gasteiger partial charge in [0.2, 0.25) is 0 Å². The molecule has 0 fully saturated rings. The molecule has 1 heterocycles. The van der Waals surface area contributed by atoms with E-state index in [9.17, 15) is 4.79 Å². The van der Waals surface area contributed by atoms with Gasteiger partial charge >= 0.3 is 0 Å². The smallest absolute Gasteiger partial charge is 0.264 e. The fraction of sp³-hybridized carbons (Fsp3) is 0.192. The number of rotatable bonds is 6. The second kappa shape index (κ2) is 8.62. The fourth-order valence-corrected chi connectivity index (χ4v) is 4.82. The van der Waals surface area contributed by atoms with E-state index in [0.717, 1.165) is 22.4 Å². The number of hydrogen-bond acceptors (Lipinski definition) is 2. The number of benzene rings is 3. The summed E-state index contributed by atoms with van der Waals surface area (Å²) >= 11 is 1.62. The highest BCUT2D eigenvalue weighted by Crippen LogP contribution is 2.34. The Balaban J connectivity index is 1.71. The molecule has 4 rings (SSSR count). The monoisotopic (exact) mass is 399 g/mol. The van der Waals surface area contributed by atoms with E-state index in [1.807, 2.05) is 36.1 Å². The van der Waals surface area contributed by atoms with Crippen molar-refractivity contribution in [2.45, 2.75) is 26.8 Å². The zero-order valence-electron chi connectivity index (χ0n) is 16.9. The van der Waals surface area contributed by atoms with Gasteiger partial charge in [0, 0.05) is 17.8 Å². The van der Waals surface area contributed by atoms with Crippen LogP contribution in [-0.2, 0) is 13.0 Å². The van der Waals surface area contributed by atoms with Gasteiger partial charge < -0.3 is 4.90 Å². The van der Waals surface area contributed by atoms with E-state index in [2.05, 4.69) is 61.5 Å². The zero-order chi connectivity index (χ0) is 20.2. The summed E-state index contributed by atoms with van der Waals surface area (Å²) in [6.45, 7) is 5.47. The van der Waals surface area contributed by atoms with Gasteiger partial charge in [-0.3, -0.25) is 4.79 Å². The molecule has 146 valence electrons. The average Bonchev–Trinajstić information content (AvgIpc) is 3.12. The van der Waals surface area contributed by atoms with Crippen molar-refractivity contribution in [2.24, 2.45) is 0 Å². The second-order valence-electron chi connectivity index (χ2n) is 7.37. The molecule has 0 spiro atoms. The van der Waals surface area contributed by atoms with Crippen LogP contribution in [0.15, 0.2) is 78.9 Å². The molecule has 0 radical (unpaired) electrons. The predicted molar refractivity (Wildman–Crippen MR) is 123 cm³/mol. The maximum Gasteiger partial charge on any atom is 0.264 e. The van der Waals surface area contributed by atoms with Crippen LogP contribution in [0.5, 0.6) is 0 Å². The molecular formula is C26H25NOS. The van der Waals surface area contributed by atoms with Crippen LogP contribution in [-0.4, -0.2) is 17.4 Å². The number of nitrogens with zero attached hydrogens (tertiary/aromatic N) is 1. The molecule has 1 amide bonds. The summed E-state index contributed by atoms with van der Waals surface area (Å²) in [4.78, 5) is 16.4. The summed E-state index contributed by atoms with van der Waals surface area (Å²) in [5.74, 6) is 0.125. The third-order valence-electron chi connectivity index (χ3n) is 5.28. The molecule has 2 nitrogen and oxygen atoms in total. The third kappa shape index (κ3) is 4.25. The van der Waals surface area contributed by atoms with E-state index < -0.39 is 0 Å². The Morgan fingerprint density at radius 1 is 0.862 bits per heavy atom. The first-order chi connectivity index (χ1) is 14.2. The largest absolute Gasteiger partial charge is 0.334 e. The van der Waals surface area contributed by atoms with Gasteiger partial charge in [-0.15, -0.1) is 11.3 Å². The van der Waals surface area contributed by atoms with Gasteiger partial charge in [-0.05, 0) is 48.4 Å². The lowest BCUT2D eigenvalue weighted by atomic mass is 10.0. The van der Waals surface area contributed by atoms with Gasteiger partial charge in [-0.25, -0.2) is 0 Å². The average molecular weight is 400 g/mol. The lowest BCUT2D eigenvalue weighted by molar-refractivity contribution is 0.0756. The molecule has 4 aromatic rings. The number of carbonyl (C=O) groups excluding carboxylic acids is 1. The normalized spacial score (nSPS) is 11.0. The number of amides is 1. The van der Waals surface area contributed by atoms with Crippen LogP contribution in [0.2, 0.25) is 0 Å². The summed E-state index contributed by atoms with van der Waals surface area (Å²) in [7, 11) is 0. The van der Waals surface area contributed by atoms with Crippen LogP contribution < -0.4 is 0 Å². The summed E-state index contributed by atoms with van der Waals surface area (Å²) in [6, 6.07) is 27.2. The van der Waals surface area contributed by atoms with E-state index >= 15 is 0 Å². The van der Waals surface area contributed by atoms with Gasteiger partial charge in [0.1, 0.15) is 0 Å². The lowest BCUT2D eigenvalue weighted by Crippen LogP contribution is -2.30. The summed E-state index contributed by atoms with van der Waals surface area (Å²) < 4.78 is 1.17. The van der Waals surface area contributed by atoms with Crippen molar-refractivity contribution >= 4 is 27.3 Å². The molecule has 0 aliphatic carbocycles. The van der Waals surface area contributed by atoms with Crippen LogP contribution in [0, 0.1) is 6.92 Å². The van der Waals surface area contributed by atoms with Crippen molar-refractivity contribution < 1.29 is 4.79 Å². The first kappa shape index (κ1) is 19.4. The van der Waals surface area contributed by atoms with E-state index in [1.165, 1.54) is 21.2 Å². The number of thiophene rings is 1. The number of aryl methyl sites for hydroxylation is 1. The SMILES string of the molecule is CCN(Cc1ccccc1)C(=O)c1sc2ccccc2c1Cc1ccc(C)cc1. The predicted octanol–water partition coefficient (Wildman–Crippen LogP) is 6.46. The van der Waals surface area contributed by atoms with Gasteiger partial charge in [0.25, 0.3) is 5.91 Å². The van der Waals surface area contributed by atoms with Crippen molar-refractivity contribution in [3.05, 3.63) is 106 Å². The van der Waals surface area contributed by atoms with Gasteiger partial charge in [0.05, 0.1) is 4.88 Å². The highest BCUT2D eigenvalue weighted by molar-refractivity contribution is 7.21. The van der Waals surface area contributed by atoms with Crippen molar-refractivity contribution in [3.63, 3.8) is 0 Å². The van der Waals surface area contributed by atoms with Crippen molar-refractivity contribution in [1.29, 1.82) is 0 Å². The standard InChI is InChI=1S/C26H25NOS/c1-3-27(18-21-9-5-4-6-10-21)26(28)25-23(17-20-15-13-19(2)14-16-20)22-11-7-8-12-24(22)29-25/h4-16H,3,17-18H2,1-2H3. The lowest BCUT2D eigenvalue weighted by Gasteiger charge is -2.21. The molecule has 0 saturated heterocycles. The number of fused-ring (bicyclic) bond motifs is 1. The first-order valence-electron chi connectivity index (χ1n) is 10.0. The fourth-order valence-electron chi connectivity index (χ4n) is 3.63. The molecular weight excluding hydrogens is 374 g/mol. The van der Waals surface area contributed by atoms with E-state index in [4.69, 9.17) is 0 Å². The second-order valence-corrected chi connectivity index (χ2v) is 8.43. The number of hydrogen-bond donors (Lipinski definition) is 0. The molecule has 0 aliphatic heterocycles. The molecule has 3 heteroatoms. The molecule has 0 bridgehead atoms. The van der Waals surface area contributed by atoms with Crippen LogP contribution in [0.25, 0.3) is 10.1 Å². The molecule has 0 aliphatic rings. The Kier molecular flexibility index (Phi) is 5.77. The zero-order valence-corrected chi connectivity index (χ0v) is 17.7. The minimum Gasteiger partial charge on any atom is -0.334 e. The highest BCUT2D eigenvalue weighted by Gasteiger charge is 2.22. The minimum atomic E-state index is 0.125. The maximum atomic E-state index is 13.6. The highest BCUT2D eigenvalue weighted by atomic mass is 32.1. The Hall–Kier alpha value is -2.91. The Morgan fingerprint density at radius 3 is 2.28 bits per heavy atom. The van der Waals surface area contributed by atoms with Crippen LogP contribution in [0.3, 0.4) is 0 Å². The molecule has 1 aromatic heterocycles.